The first kappa shape index (κ1) is 16.7. The molecule has 2 rings (SSSR count). The van der Waals surface area contributed by atoms with Gasteiger partial charge in [0.1, 0.15) is 12.2 Å². The predicted octanol–water partition coefficient (Wildman–Crippen LogP) is 2.41. The molecule has 1 atom stereocenters. The van der Waals surface area contributed by atoms with Crippen molar-refractivity contribution in [3.63, 3.8) is 0 Å². The average molecular weight is 315 g/mol. The van der Waals surface area contributed by atoms with Crippen LogP contribution in [-0.2, 0) is 17.8 Å². The molecule has 23 heavy (non-hydrogen) atoms. The SMILES string of the molecule is CCCc1ccc(C(C)NC(=O)Cn2nccc2C(=O)O)cc1. The van der Waals surface area contributed by atoms with Gasteiger partial charge in [0.25, 0.3) is 0 Å². The van der Waals surface area contributed by atoms with Gasteiger partial charge in [0.2, 0.25) is 5.91 Å². The van der Waals surface area contributed by atoms with Crippen LogP contribution in [0, 0.1) is 0 Å². The van der Waals surface area contributed by atoms with E-state index in [2.05, 4.69) is 29.5 Å². The van der Waals surface area contributed by atoms with Gasteiger partial charge in [-0.2, -0.15) is 5.10 Å². The van der Waals surface area contributed by atoms with Crippen LogP contribution in [0.2, 0.25) is 0 Å². The number of nitrogens with zero attached hydrogens (tertiary/aromatic N) is 2. The van der Waals surface area contributed by atoms with Crippen LogP contribution in [0.4, 0.5) is 0 Å². The number of amides is 1. The Kier molecular flexibility index (Phi) is 5.51. The molecule has 1 unspecified atom stereocenters. The zero-order valence-electron chi connectivity index (χ0n) is 13.3. The summed E-state index contributed by atoms with van der Waals surface area (Å²) in [5, 5.41) is 15.7. The van der Waals surface area contributed by atoms with E-state index in [0.717, 1.165) is 18.4 Å². The Labute approximate surface area is 135 Å². The minimum absolute atomic E-state index is 0.00304. The van der Waals surface area contributed by atoms with Gasteiger partial charge in [-0.3, -0.25) is 4.79 Å². The van der Waals surface area contributed by atoms with Crippen LogP contribution in [0.3, 0.4) is 0 Å². The second-order valence-electron chi connectivity index (χ2n) is 5.46. The van der Waals surface area contributed by atoms with E-state index < -0.39 is 5.97 Å². The van der Waals surface area contributed by atoms with Crippen molar-refractivity contribution in [2.75, 3.05) is 0 Å². The first-order valence-electron chi connectivity index (χ1n) is 7.64. The highest BCUT2D eigenvalue weighted by Gasteiger charge is 2.15. The molecule has 0 spiro atoms. The minimum Gasteiger partial charge on any atom is -0.477 e. The molecule has 0 bridgehead atoms. The molecule has 0 aliphatic carbocycles. The third-order valence-electron chi connectivity index (χ3n) is 3.62. The predicted molar refractivity (Wildman–Crippen MR) is 86.2 cm³/mol. The van der Waals surface area contributed by atoms with Crippen molar-refractivity contribution < 1.29 is 14.7 Å². The molecule has 0 aliphatic rings. The van der Waals surface area contributed by atoms with Crippen LogP contribution < -0.4 is 5.32 Å². The number of carboxylic acid groups (broad SMARTS) is 1. The lowest BCUT2D eigenvalue weighted by atomic mass is 10.0. The van der Waals surface area contributed by atoms with Gasteiger partial charge >= 0.3 is 5.97 Å². The number of nitrogens with one attached hydrogen (secondary N) is 1. The van der Waals surface area contributed by atoms with E-state index in [-0.39, 0.29) is 24.2 Å². The molecular formula is C17H21N3O3. The number of aromatic nitrogens is 2. The van der Waals surface area contributed by atoms with Crippen LogP contribution >= 0.6 is 0 Å². The highest BCUT2D eigenvalue weighted by Crippen LogP contribution is 2.14. The summed E-state index contributed by atoms with van der Waals surface area (Å²) in [6.45, 7) is 3.91. The number of carboxylic acids is 1. The Hall–Kier alpha value is -2.63. The normalized spacial score (nSPS) is 11.9. The lowest BCUT2D eigenvalue weighted by molar-refractivity contribution is -0.122. The summed E-state index contributed by atoms with van der Waals surface area (Å²) >= 11 is 0. The number of hydrogen-bond donors (Lipinski definition) is 2. The molecule has 0 saturated heterocycles. The van der Waals surface area contributed by atoms with Crippen LogP contribution in [0.25, 0.3) is 0 Å². The second kappa shape index (κ2) is 7.58. The van der Waals surface area contributed by atoms with Gasteiger partial charge in [0.15, 0.2) is 0 Å². The Morgan fingerprint density at radius 1 is 1.26 bits per heavy atom. The van der Waals surface area contributed by atoms with E-state index in [1.165, 1.54) is 22.5 Å². The highest BCUT2D eigenvalue weighted by atomic mass is 16.4. The quantitative estimate of drug-likeness (QED) is 0.822. The molecule has 1 aromatic heterocycles. The third-order valence-corrected chi connectivity index (χ3v) is 3.62. The molecule has 2 aromatic rings. The fourth-order valence-corrected chi connectivity index (χ4v) is 2.41. The number of carbonyl (C=O) groups is 2. The maximum Gasteiger partial charge on any atom is 0.354 e. The number of hydrogen-bond acceptors (Lipinski definition) is 3. The maximum atomic E-state index is 12.1. The topological polar surface area (TPSA) is 84.2 Å². The number of benzene rings is 1. The summed E-state index contributed by atoms with van der Waals surface area (Å²) in [4.78, 5) is 23.1. The van der Waals surface area contributed by atoms with Crippen molar-refractivity contribution >= 4 is 11.9 Å². The Morgan fingerprint density at radius 3 is 2.57 bits per heavy atom. The highest BCUT2D eigenvalue weighted by molar-refractivity contribution is 5.86. The van der Waals surface area contributed by atoms with E-state index in [1.54, 1.807) is 0 Å². The van der Waals surface area contributed by atoms with Gasteiger partial charge in [0, 0.05) is 6.20 Å². The molecule has 6 nitrogen and oxygen atoms in total. The van der Waals surface area contributed by atoms with Crippen molar-refractivity contribution in [2.24, 2.45) is 0 Å². The Balaban J connectivity index is 1.96. The van der Waals surface area contributed by atoms with Gasteiger partial charge in [-0.05, 0) is 30.5 Å². The summed E-state index contributed by atoms with van der Waals surface area (Å²) in [5.74, 6) is -1.38. The number of rotatable bonds is 7. The summed E-state index contributed by atoms with van der Waals surface area (Å²) in [6, 6.07) is 9.36. The average Bonchev–Trinajstić information content (AvgIpc) is 2.96. The number of aromatic carboxylic acids is 1. The summed E-state index contributed by atoms with van der Waals surface area (Å²) < 4.78 is 1.18. The molecule has 2 N–H and O–H groups in total. The number of aryl methyl sites for hydroxylation is 1. The lowest BCUT2D eigenvalue weighted by Gasteiger charge is -2.15. The zero-order chi connectivity index (χ0) is 16.8. The van der Waals surface area contributed by atoms with E-state index in [0.29, 0.717) is 0 Å². The van der Waals surface area contributed by atoms with E-state index >= 15 is 0 Å². The minimum atomic E-state index is -1.10. The van der Waals surface area contributed by atoms with Gasteiger partial charge < -0.3 is 10.4 Å². The Bertz CT molecular complexity index is 677. The molecule has 122 valence electrons. The van der Waals surface area contributed by atoms with Crippen molar-refractivity contribution in [2.45, 2.75) is 39.3 Å². The molecule has 6 heteroatoms. The zero-order valence-corrected chi connectivity index (χ0v) is 13.3. The summed E-state index contributed by atoms with van der Waals surface area (Å²) in [6.07, 6.45) is 3.51. The number of carbonyl (C=O) groups excluding carboxylic acids is 1. The molecule has 0 fully saturated rings. The first-order valence-corrected chi connectivity index (χ1v) is 7.64. The van der Waals surface area contributed by atoms with Crippen LogP contribution in [0.15, 0.2) is 36.5 Å². The van der Waals surface area contributed by atoms with E-state index in [4.69, 9.17) is 5.11 Å². The molecule has 0 radical (unpaired) electrons. The summed E-state index contributed by atoms with van der Waals surface area (Å²) in [7, 11) is 0. The Morgan fingerprint density at radius 2 is 1.96 bits per heavy atom. The van der Waals surface area contributed by atoms with Gasteiger partial charge in [0.05, 0.1) is 6.04 Å². The second-order valence-corrected chi connectivity index (χ2v) is 5.46. The van der Waals surface area contributed by atoms with E-state index in [1.807, 2.05) is 19.1 Å². The van der Waals surface area contributed by atoms with Crippen molar-refractivity contribution in [1.29, 1.82) is 0 Å². The van der Waals surface area contributed by atoms with Crippen LogP contribution in [0.1, 0.15) is 47.9 Å². The first-order chi connectivity index (χ1) is 11.0. The molecule has 0 saturated carbocycles. The third kappa shape index (κ3) is 4.42. The van der Waals surface area contributed by atoms with Gasteiger partial charge in [-0.1, -0.05) is 37.6 Å². The monoisotopic (exact) mass is 315 g/mol. The maximum absolute atomic E-state index is 12.1. The molecule has 0 aliphatic heterocycles. The summed E-state index contributed by atoms with van der Waals surface area (Å²) in [5.41, 5.74) is 2.28. The van der Waals surface area contributed by atoms with Gasteiger partial charge in [-0.15, -0.1) is 0 Å². The largest absolute Gasteiger partial charge is 0.477 e. The fraction of sp³-hybridized carbons (Fsp3) is 0.353. The van der Waals surface area contributed by atoms with Crippen molar-refractivity contribution in [1.82, 2.24) is 15.1 Å². The standard InChI is InChI=1S/C17H21N3O3/c1-3-4-13-5-7-14(8-6-13)12(2)19-16(21)11-20-15(17(22)23)9-10-18-20/h5-10,12H,3-4,11H2,1-2H3,(H,19,21)(H,22,23). The van der Waals surface area contributed by atoms with Crippen LogP contribution in [-0.4, -0.2) is 26.8 Å². The van der Waals surface area contributed by atoms with Crippen molar-refractivity contribution in [3.8, 4) is 0 Å². The molecule has 1 amide bonds. The molecule has 1 aromatic carbocycles. The molecular weight excluding hydrogens is 294 g/mol. The molecule has 1 heterocycles. The van der Waals surface area contributed by atoms with Gasteiger partial charge in [-0.25, -0.2) is 9.48 Å². The van der Waals surface area contributed by atoms with Crippen molar-refractivity contribution in [3.05, 3.63) is 53.3 Å². The smallest absolute Gasteiger partial charge is 0.354 e. The van der Waals surface area contributed by atoms with Crippen LogP contribution in [0.5, 0.6) is 0 Å². The fourth-order valence-electron chi connectivity index (χ4n) is 2.41. The van der Waals surface area contributed by atoms with E-state index in [9.17, 15) is 9.59 Å². The lowest BCUT2D eigenvalue weighted by Crippen LogP contribution is -2.31.